The lowest BCUT2D eigenvalue weighted by Crippen LogP contribution is -2.14. The van der Waals surface area contributed by atoms with E-state index in [1.807, 2.05) is 13.0 Å². The minimum absolute atomic E-state index is 0.163. The summed E-state index contributed by atoms with van der Waals surface area (Å²) in [6.07, 6.45) is 4.85. The Morgan fingerprint density at radius 2 is 2.12 bits per heavy atom. The predicted octanol–water partition coefficient (Wildman–Crippen LogP) is 2.98. The number of hydrogen-bond acceptors (Lipinski definition) is 3. The zero-order chi connectivity index (χ0) is 17.4. The third-order valence-electron chi connectivity index (χ3n) is 4.99. The van der Waals surface area contributed by atoms with Crippen LogP contribution < -0.4 is 11.0 Å². The van der Waals surface area contributed by atoms with Gasteiger partial charge in [0, 0.05) is 29.8 Å². The fourth-order valence-corrected chi connectivity index (χ4v) is 3.65. The average molecular weight is 339 g/mol. The molecule has 1 aliphatic carbocycles. The first kappa shape index (κ1) is 15.7. The van der Waals surface area contributed by atoms with E-state index in [1.54, 1.807) is 22.8 Å². The average Bonchev–Trinajstić information content (AvgIpc) is 3.32. The second kappa shape index (κ2) is 6.23. The second-order valence-electron chi connectivity index (χ2n) is 6.55. The van der Waals surface area contributed by atoms with Gasteiger partial charge in [-0.15, -0.1) is 0 Å². The topological polar surface area (TPSA) is 95.6 Å². The number of nitrogens with one attached hydrogen (secondary N) is 3. The van der Waals surface area contributed by atoms with Crippen LogP contribution >= 0.6 is 0 Å². The van der Waals surface area contributed by atoms with Crippen LogP contribution in [0.3, 0.4) is 0 Å². The summed E-state index contributed by atoms with van der Waals surface area (Å²) in [5.74, 6) is 0.816. The largest absolute Gasteiger partial charge is 0.326 e. The molecule has 7 nitrogen and oxygen atoms in total. The van der Waals surface area contributed by atoms with Crippen LogP contribution in [-0.4, -0.2) is 25.7 Å². The van der Waals surface area contributed by atoms with Crippen molar-refractivity contribution in [2.75, 3.05) is 5.32 Å². The number of H-pyrrole nitrogens is 2. The summed E-state index contributed by atoms with van der Waals surface area (Å²) < 4.78 is 1.64. The van der Waals surface area contributed by atoms with Crippen LogP contribution in [-0.2, 0) is 6.54 Å². The first-order chi connectivity index (χ1) is 12.2. The minimum Gasteiger partial charge on any atom is -0.306 e. The molecule has 25 heavy (non-hydrogen) atoms. The number of nitrogens with zero attached hydrogens (tertiary/aromatic N) is 2. The second-order valence-corrected chi connectivity index (χ2v) is 6.55. The molecule has 1 saturated carbocycles. The number of carbonyl (C=O) groups is 1. The van der Waals surface area contributed by atoms with E-state index < -0.39 is 0 Å². The van der Waals surface area contributed by atoms with E-state index in [1.165, 1.54) is 25.7 Å². The molecule has 1 aliphatic rings. The van der Waals surface area contributed by atoms with Crippen molar-refractivity contribution in [2.45, 2.75) is 45.1 Å². The summed E-state index contributed by atoms with van der Waals surface area (Å²) in [5, 5.41) is 10.1. The summed E-state index contributed by atoms with van der Waals surface area (Å²) in [5.41, 5.74) is 2.87. The maximum Gasteiger partial charge on any atom is 0.326 e. The van der Waals surface area contributed by atoms with Gasteiger partial charge in [0.1, 0.15) is 0 Å². The lowest BCUT2D eigenvalue weighted by atomic mass is 10.0. The molecule has 3 aromatic rings. The number of benzene rings is 1. The molecule has 7 heteroatoms. The highest BCUT2D eigenvalue weighted by Gasteiger charge is 2.20. The Labute approximate surface area is 144 Å². The van der Waals surface area contributed by atoms with Gasteiger partial charge >= 0.3 is 5.69 Å². The fourth-order valence-electron chi connectivity index (χ4n) is 3.65. The van der Waals surface area contributed by atoms with Crippen molar-refractivity contribution in [3.63, 3.8) is 0 Å². The maximum atomic E-state index is 12.5. The van der Waals surface area contributed by atoms with Crippen LogP contribution in [0.25, 0.3) is 11.0 Å². The Balaban J connectivity index is 1.54. The molecule has 0 spiro atoms. The lowest BCUT2D eigenvalue weighted by Gasteiger charge is -2.04. The molecule has 3 N–H and O–H groups in total. The van der Waals surface area contributed by atoms with Gasteiger partial charge in [-0.2, -0.15) is 5.10 Å². The van der Waals surface area contributed by atoms with Crippen molar-refractivity contribution in [1.82, 2.24) is 19.7 Å². The highest BCUT2D eigenvalue weighted by atomic mass is 16.2. The summed E-state index contributed by atoms with van der Waals surface area (Å²) in [7, 11) is 0. The van der Waals surface area contributed by atoms with Crippen LogP contribution in [0.5, 0.6) is 0 Å². The standard InChI is InChI=1S/C18H21N5O2/c1-2-23-15-8-7-12(9-14(15)19-18(23)25)17(24)20-16-10-13(21-22-16)11-5-3-4-6-11/h7-11H,2-6H2,1H3,(H,19,25)(H2,20,21,22,24). The van der Waals surface area contributed by atoms with Crippen molar-refractivity contribution in [2.24, 2.45) is 0 Å². The number of carbonyl (C=O) groups excluding carboxylic acids is 1. The van der Waals surface area contributed by atoms with E-state index in [-0.39, 0.29) is 11.6 Å². The van der Waals surface area contributed by atoms with Crippen molar-refractivity contribution in [3.8, 4) is 0 Å². The van der Waals surface area contributed by atoms with Crippen LogP contribution in [0.15, 0.2) is 29.1 Å². The van der Waals surface area contributed by atoms with E-state index in [0.29, 0.717) is 29.4 Å². The highest BCUT2D eigenvalue weighted by molar-refractivity contribution is 6.05. The Kier molecular flexibility index (Phi) is 3.91. The smallest absolute Gasteiger partial charge is 0.306 e. The summed E-state index contributed by atoms with van der Waals surface area (Å²) in [6, 6.07) is 7.13. The Hall–Kier alpha value is -2.83. The van der Waals surface area contributed by atoms with Crippen LogP contribution in [0, 0.1) is 0 Å². The van der Waals surface area contributed by atoms with Crippen molar-refractivity contribution >= 4 is 22.8 Å². The molecule has 1 fully saturated rings. The van der Waals surface area contributed by atoms with Gasteiger partial charge in [0.15, 0.2) is 5.82 Å². The molecule has 1 amide bonds. The van der Waals surface area contributed by atoms with Gasteiger partial charge in [0.2, 0.25) is 0 Å². The number of hydrogen-bond donors (Lipinski definition) is 3. The number of fused-ring (bicyclic) bond motifs is 1. The molecule has 2 heterocycles. The molecule has 1 aromatic carbocycles. The van der Waals surface area contributed by atoms with Gasteiger partial charge in [0.05, 0.1) is 11.0 Å². The molecule has 0 aliphatic heterocycles. The normalized spacial score (nSPS) is 15.1. The van der Waals surface area contributed by atoms with Crippen LogP contribution in [0.1, 0.15) is 54.6 Å². The predicted molar refractivity (Wildman–Crippen MR) is 96.0 cm³/mol. The van der Waals surface area contributed by atoms with Gasteiger partial charge < -0.3 is 10.3 Å². The van der Waals surface area contributed by atoms with Crippen molar-refractivity contribution in [3.05, 3.63) is 46.0 Å². The molecule has 0 unspecified atom stereocenters. The Morgan fingerprint density at radius 3 is 2.88 bits per heavy atom. The van der Waals surface area contributed by atoms with Crippen molar-refractivity contribution in [1.29, 1.82) is 0 Å². The van der Waals surface area contributed by atoms with E-state index in [2.05, 4.69) is 20.5 Å². The lowest BCUT2D eigenvalue weighted by molar-refractivity contribution is 0.102. The molecular weight excluding hydrogens is 318 g/mol. The third kappa shape index (κ3) is 2.86. The van der Waals surface area contributed by atoms with Crippen LogP contribution in [0.4, 0.5) is 5.82 Å². The number of rotatable bonds is 4. The van der Waals surface area contributed by atoms with E-state index in [9.17, 15) is 9.59 Å². The number of aromatic nitrogens is 4. The van der Waals surface area contributed by atoms with E-state index in [0.717, 1.165) is 11.2 Å². The van der Waals surface area contributed by atoms with E-state index in [4.69, 9.17) is 0 Å². The Morgan fingerprint density at radius 1 is 1.32 bits per heavy atom. The molecular formula is C18H21N5O2. The molecule has 4 rings (SSSR count). The molecule has 0 saturated heterocycles. The quantitative estimate of drug-likeness (QED) is 0.682. The zero-order valence-corrected chi connectivity index (χ0v) is 14.1. The molecule has 0 radical (unpaired) electrons. The molecule has 0 bridgehead atoms. The number of anilines is 1. The molecule has 2 aromatic heterocycles. The summed E-state index contributed by atoms with van der Waals surface area (Å²) >= 11 is 0. The fraction of sp³-hybridized carbons (Fsp3) is 0.389. The molecule has 130 valence electrons. The number of imidazole rings is 1. The number of aromatic amines is 2. The van der Waals surface area contributed by atoms with Gasteiger partial charge in [0.25, 0.3) is 5.91 Å². The van der Waals surface area contributed by atoms with Crippen molar-refractivity contribution < 1.29 is 4.79 Å². The summed E-state index contributed by atoms with van der Waals surface area (Å²) in [6.45, 7) is 2.50. The van der Waals surface area contributed by atoms with Crippen LogP contribution in [0.2, 0.25) is 0 Å². The SMILES string of the molecule is CCn1c(=O)[nH]c2cc(C(=O)Nc3cc(C4CCCC4)[nH]n3)ccc21. The highest BCUT2D eigenvalue weighted by Crippen LogP contribution is 2.33. The number of aryl methyl sites for hydroxylation is 1. The number of amides is 1. The van der Waals surface area contributed by atoms with Gasteiger partial charge in [-0.05, 0) is 38.0 Å². The third-order valence-corrected chi connectivity index (χ3v) is 4.99. The maximum absolute atomic E-state index is 12.5. The first-order valence-electron chi connectivity index (χ1n) is 8.75. The van der Waals surface area contributed by atoms with Gasteiger partial charge in [-0.1, -0.05) is 12.8 Å². The van der Waals surface area contributed by atoms with E-state index >= 15 is 0 Å². The summed E-state index contributed by atoms with van der Waals surface area (Å²) in [4.78, 5) is 27.1. The zero-order valence-electron chi connectivity index (χ0n) is 14.1. The Bertz CT molecular complexity index is 975. The molecule has 0 atom stereocenters. The first-order valence-corrected chi connectivity index (χ1v) is 8.75. The van der Waals surface area contributed by atoms with Gasteiger partial charge in [-0.25, -0.2) is 4.79 Å². The monoisotopic (exact) mass is 339 g/mol. The van der Waals surface area contributed by atoms with Gasteiger partial charge in [-0.3, -0.25) is 14.5 Å². The minimum atomic E-state index is -0.239.